The topological polar surface area (TPSA) is 136 Å². The number of anilines is 1. The number of nitrogens with one attached hydrogen (secondary N) is 2. The van der Waals surface area contributed by atoms with Gasteiger partial charge in [0, 0.05) is 23.9 Å². The van der Waals surface area contributed by atoms with Crippen LogP contribution in [0.1, 0.15) is 6.42 Å². The lowest BCUT2D eigenvalue weighted by atomic mass is 10.1. The third kappa shape index (κ3) is 8.67. The maximum absolute atomic E-state index is 12.4. The molecule has 2 rings (SSSR count). The van der Waals surface area contributed by atoms with Crippen LogP contribution in [0, 0.1) is 0 Å². The van der Waals surface area contributed by atoms with Gasteiger partial charge in [0.05, 0.1) is 18.5 Å². The van der Waals surface area contributed by atoms with Crippen LogP contribution in [0.4, 0.5) is 5.69 Å². The predicted octanol–water partition coefficient (Wildman–Crippen LogP) is 2.13. The molecule has 0 fully saturated rings. The van der Waals surface area contributed by atoms with Crippen LogP contribution < -0.4 is 25.8 Å². The lowest BCUT2D eigenvalue weighted by Gasteiger charge is -2.17. The number of thioether (sulfide) groups is 1. The normalized spacial score (nSPS) is 12.5. The SMILES string of the molecule is COc1cccc(-c2ccc(NCC(N)CS)c(OCC(=O)N[C@@H](CCSC)C(=O)O)n2)c1. The van der Waals surface area contributed by atoms with Gasteiger partial charge in [0.15, 0.2) is 6.61 Å². The second-order valence-electron chi connectivity index (χ2n) is 7.13. The van der Waals surface area contributed by atoms with Crippen molar-refractivity contribution in [2.24, 2.45) is 5.73 Å². The average Bonchev–Trinajstić information content (AvgIpc) is 2.83. The van der Waals surface area contributed by atoms with Crippen molar-refractivity contribution in [3.63, 3.8) is 0 Å². The Kier molecular flexibility index (Phi) is 11.1. The smallest absolute Gasteiger partial charge is 0.326 e. The van der Waals surface area contributed by atoms with E-state index in [9.17, 15) is 14.7 Å². The number of aromatic nitrogens is 1. The molecule has 0 saturated carbocycles. The number of aliphatic carboxylic acids is 1. The summed E-state index contributed by atoms with van der Waals surface area (Å²) in [6, 6.07) is 9.85. The number of rotatable bonds is 14. The second kappa shape index (κ2) is 13.8. The first kappa shape index (κ1) is 26.6. The maximum atomic E-state index is 12.4. The summed E-state index contributed by atoms with van der Waals surface area (Å²) in [5.74, 6) is 0.361. The van der Waals surface area contributed by atoms with E-state index in [0.29, 0.717) is 41.6 Å². The number of pyridine rings is 1. The third-order valence-electron chi connectivity index (χ3n) is 4.60. The van der Waals surface area contributed by atoms with Crippen molar-refractivity contribution in [1.82, 2.24) is 10.3 Å². The fourth-order valence-electron chi connectivity index (χ4n) is 2.80. The number of carboxylic acid groups (broad SMARTS) is 1. The number of carbonyl (C=O) groups excluding carboxylic acids is 1. The third-order valence-corrected chi connectivity index (χ3v) is 5.71. The minimum absolute atomic E-state index is 0.185. The number of amides is 1. The largest absolute Gasteiger partial charge is 0.497 e. The molecule has 2 aromatic rings. The molecule has 33 heavy (non-hydrogen) atoms. The Balaban J connectivity index is 2.19. The summed E-state index contributed by atoms with van der Waals surface area (Å²) in [4.78, 5) is 28.3. The number of ether oxygens (including phenoxy) is 2. The van der Waals surface area contributed by atoms with Crippen LogP contribution in [0.3, 0.4) is 0 Å². The van der Waals surface area contributed by atoms with Gasteiger partial charge in [-0.15, -0.1) is 0 Å². The van der Waals surface area contributed by atoms with Crippen LogP contribution >= 0.6 is 24.4 Å². The van der Waals surface area contributed by atoms with Gasteiger partial charge in [0.1, 0.15) is 11.8 Å². The number of carboxylic acids is 1. The average molecular weight is 495 g/mol. The molecule has 0 aliphatic heterocycles. The molecule has 9 nitrogen and oxygen atoms in total. The van der Waals surface area contributed by atoms with E-state index in [0.717, 1.165) is 5.56 Å². The van der Waals surface area contributed by atoms with Crippen molar-refractivity contribution in [2.75, 3.05) is 43.3 Å². The fraction of sp³-hybridized carbons (Fsp3) is 0.409. The predicted molar refractivity (Wildman–Crippen MR) is 135 cm³/mol. The number of thiol groups is 1. The van der Waals surface area contributed by atoms with Crippen LogP contribution in [0.25, 0.3) is 11.3 Å². The first-order valence-corrected chi connectivity index (χ1v) is 12.3. The van der Waals surface area contributed by atoms with Gasteiger partial charge in [-0.1, -0.05) is 12.1 Å². The number of benzene rings is 1. The van der Waals surface area contributed by atoms with Gasteiger partial charge in [-0.2, -0.15) is 24.4 Å². The van der Waals surface area contributed by atoms with Crippen LogP contribution in [-0.4, -0.2) is 72.1 Å². The highest BCUT2D eigenvalue weighted by atomic mass is 32.2. The van der Waals surface area contributed by atoms with Gasteiger partial charge in [0.2, 0.25) is 5.88 Å². The lowest BCUT2D eigenvalue weighted by Crippen LogP contribution is -2.43. The number of nitrogens with zero attached hydrogens (tertiary/aromatic N) is 1. The van der Waals surface area contributed by atoms with Gasteiger partial charge in [-0.05, 0) is 42.7 Å². The molecule has 11 heteroatoms. The maximum Gasteiger partial charge on any atom is 0.326 e. The molecule has 0 spiro atoms. The highest BCUT2D eigenvalue weighted by Crippen LogP contribution is 2.29. The summed E-state index contributed by atoms with van der Waals surface area (Å²) in [5, 5.41) is 15.0. The zero-order valence-corrected chi connectivity index (χ0v) is 20.3. The molecule has 0 bridgehead atoms. The van der Waals surface area contributed by atoms with E-state index >= 15 is 0 Å². The van der Waals surface area contributed by atoms with Gasteiger partial charge in [-0.25, -0.2) is 9.78 Å². The zero-order valence-electron chi connectivity index (χ0n) is 18.6. The van der Waals surface area contributed by atoms with E-state index in [1.54, 1.807) is 13.2 Å². The monoisotopic (exact) mass is 494 g/mol. The fourth-order valence-corrected chi connectivity index (χ4v) is 3.40. The molecular weight excluding hydrogens is 464 g/mol. The number of nitrogens with two attached hydrogens (primary N) is 1. The number of methoxy groups -OCH3 is 1. The summed E-state index contributed by atoms with van der Waals surface area (Å²) in [6.07, 6.45) is 2.19. The van der Waals surface area contributed by atoms with Crippen LogP contribution in [-0.2, 0) is 9.59 Å². The van der Waals surface area contributed by atoms with Crippen molar-refractivity contribution < 1.29 is 24.2 Å². The molecule has 2 atom stereocenters. The first-order valence-electron chi connectivity index (χ1n) is 10.3. The molecule has 0 saturated heterocycles. The summed E-state index contributed by atoms with van der Waals surface area (Å²) in [5.41, 5.74) is 7.93. The molecule has 0 radical (unpaired) electrons. The minimum Gasteiger partial charge on any atom is -0.497 e. The quantitative estimate of drug-likeness (QED) is 0.250. The summed E-state index contributed by atoms with van der Waals surface area (Å²) < 4.78 is 11.0. The van der Waals surface area contributed by atoms with E-state index in [-0.39, 0.29) is 18.5 Å². The molecule has 0 aliphatic rings. The zero-order chi connectivity index (χ0) is 24.2. The summed E-state index contributed by atoms with van der Waals surface area (Å²) >= 11 is 5.69. The Bertz CT molecular complexity index is 931. The summed E-state index contributed by atoms with van der Waals surface area (Å²) in [6.45, 7) is 0.0485. The van der Waals surface area contributed by atoms with Crippen LogP contribution in [0.5, 0.6) is 11.6 Å². The Labute approximate surface area is 203 Å². The van der Waals surface area contributed by atoms with E-state index in [1.807, 2.05) is 36.6 Å². The van der Waals surface area contributed by atoms with Crippen molar-refractivity contribution in [1.29, 1.82) is 0 Å². The second-order valence-corrected chi connectivity index (χ2v) is 8.48. The van der Waals surface area contributed by atoms with E-state index in [4.69, 9.17) is 15.2 Å². The highest BCUT2D eigenvalue weighted by Gasteiger charge is 2.20. The van der Waals surface area contributed by atoms with Crippen molar-refractivity contribution in [3.05, 3.63) is 36.4 Å². The van der Waals surface area contributed by atoms with Crippen molar-refractivity contribution in [2.45, 2.75) is 18.5 Å². The summed E-state index contributed by atoms with van der Waals surface area (Å²) in [7, 11) is 1.58. The number of hydrogen-bond donors (Lipinski definition) is 5. The first-order chi connectivity index (χ1) is 15.9. The molecule has 1 aromatic carbocycles. The van der Waals surface area contributed by atoms with Gasteiger partial charge < -0.3 is 30.9 Å². The Morgan fingerprint density at radius 1 is 1.30 bits per heavy atom. The van der Waals surface area contributed by atoms with Crippen molar-refractivity contribution >= 4 is 42.0 Å². The van der Waals surface area contributed by atoms with Gasteiger partial charge in [0.25, 0.3) is 5.91 Å². The molecule has 1 unspecified atom stereocenters. The Morgan fingerprint density at radius 3 is 2.76 bits per heavy atom. The van der Waals surface area contributed by atoms with Crippen LogP contribution in [0.2, 0.25) is 0 Å². The molecule has 1 aromatic heterocycles. The van der Waals surface area contributed by atoms with Crippen molar-refractivity contribution in [3.8, 4) is 22.9 Å². The molecule has 5 N–H and O–H groups in total. The Hall–Kier alpha value is -2.63. The van der Waals surface area contributed by atoms with E-state index in [1.165, 1.54) is 11.8 Å². The van der Waals surface area contributed by atoms with Gasteiger partial charge in [-0.3, -0.25) is 4.79 Å². The molecular formula is C22H30N4O5S2. The van der Waals surface area contributed by atoms with Crippen LogP contribution in [0.15, 0.2) is 36.4 Å². The molecule has 0 aliphatic carbocycles. The number of carbonyl (C=O) groups is 2. The molecule has 1 amide bonds. The van der Waals surface area contributed by atoms with Gasteiger partial charge >= 0.3 is 5.97 Å². The standard InChI is InChI=1S/C22H30N4O5S2/c1-30-16-5-3-4-14(10-16)17-6-7-18(24-11-15(23)13-32)21(26-17)31-12-20(27)25-19(22(28)29)8-9-33-2/h3-7,10,15,19,24,32H,8-9,11-13,23H2,1-2H3,(H,25,27)(H,28,29)/t15?,19-/m0/s1. The van der Waals surface area contributed by atoms with E-state index in [2.05, 4.69) is 28.2 Å². The molecule has 180 valence electrons. The van der Waals surface area contributed by atoms with E-state index < -0.39 is 17.9 Å². The molecule has 1 heterocycles. The minimum atomic E-state index is -1.08. The Morgan fingerprint density at radius 2 is 2.09 bits per heavy atom. The lowest BCUT2D eigenvalue weighted by molar-refractivity contribution is -0.142. The highest BCUT2D eigenvalue weighted by molar-refractivity contribution is 7.98. The number of hydrogen-bond acceptors (Lipinski definition) is 9.